The molecule has 0 saturated heterocycles. The zero-order valence-electron chi connectivity index (χ0n) is 8.66. The van der Waals surface area contributed by atoms with Crippen LogP contribution < -0.4 is 9.47 Å². The molecule has 3 heteroatoms. The summed E-state index contributed by atoms with van der Waals surface area (Å²) in [6, 6.07) is 7.58. The lowest BCUT2D eigenvalue weighted by Crippen LogP contribution is -2.01. The van der Waals surface area contributed by atoms with E-state index < -0.39 is 0 Å². The van der Waals surface area contributed by atoms with Gasteiger partial charge in [0.25, 0.3) is 0 Å². The van der Waals surface area contributed by atoms with Crippen molar-refractivity contribution in [1.29, 1.82) is 0 Å². The van der Waals surface area contributed by atoms with E-state index in [0.717, 1.165) is 24.5 Å². The Hall–Kier alpha value is -1.22. The van der Waals surface area contributed by atoms with Gasteiger partial charge in [-0.3, -0.25) is 0 Å². The summed E-state index contributed by atoms with van der Waals surface area (Å²) in [6.45, 7) is 1.39. The summed E-state index contributed by atoms with van der Waals surface area (Å²) >= 11 is 0. The molecule has 3 nitrogen and oxygen atoms in total. The van der Waals surface area contributed by atoms with Crippen LogP contribution in [-0.2, 0) is 4.74 Å². The molecular formula is C11H16O3. The molecule has 0 aliphatic carbocycles. The zero-order valence-corrected chi connectivity index (χ0v) is 8.66. The Bertz CT molecular complexity index is 260. The molecule has 0 N–H and O–H groups in total. The van der Waals surface area contributed by atoms with Gasteiger partial charge in [0, 0.05) is 26.2 Å². The molecule has 0 atom stereocenters. The van der Waals surface area contributed by atoms with Gasteiger partial charge in [0.2, 0.25) is 0 Å². The average molecular weight is 196 g/mol. The molecule has 0 radical (unpaired) electrons. The van der Waals surface area contributed by atoms with Crippen LogP contribution in [0.25, 0.3) is 0 Å². The van der Waals surface area contributed by atoms with E-state index in [1.807, 2.05) is 24.3 Å². The first-order valence-electron chi connectivity index (χ1n) is 4.62. The maximum Gasteiger partial charge on any atom is 0.122 e. The molecule has 0 amide bonds. The van der Waals surface area contributed by atoms with Crippen LogP contribution in [0, 0.1) is 0 Å². The lowest BCUT2D eigenvalue weighted by molar-refractivity contribution is 0.172. The van der Waals surface area contributed by atoms with E-state index in [9.17, 15) is 0 Å². The number of rotatable bonds is 6. The highest BCUT2D eigenvalue weighted by atomic mass is 16.5. The topological polar surface area (TPSA) is 27.7 Å². The van der Waals surface area contributed by atoms with Crippen LogP contribution in [0.1, 0.15) is 6.42 Å². The minimum Gasteiger partial charge on any atom is -0.497 e. The summed E-state index contributed by atoms with van der Waals surface area (Å²) in [5, 5.41) is 0. The SMILES string of the molecule is COCCCOc1cccc(OC)c1. The summed E-state index contributed by atoms with van der Waals surface area (Å²) in [5.41, 5.74) is 0. The van der Waals surface area contributed by atoms with Crippen molar-refractivity contribution in [3.63, 3.8) is 0 Å². The summed E-state index contributed by atoms with van der Waals surface area (Å²) in [7, 11) is 3.33. The second kappa shape index (κ2) is 6.27. The Balaban J connectivity index is 2.34. The molecule has 1 aromatic rings. The molecule has 0 spiro atoms. The van der Waals surface area contributed by atoms with Gasteiger partial charge in [-0.2, -0.15) is 0 Å². The molecule has 14 heavy (non-hydrogen) atoms. The highest BCUT2D eigenvalue weighted by Gasteiger charge is 1.95. The van der Waals surface area contributed by atoms with Crippen molar-refractivity contribution in [3.05, 3.63) is 24.3 Å². The normalized spacial score (nSPS) is 9.86. The van der Waals surface area contributed by atoms with Crippen LogP contribution in [0.2, 0.25) is 0 Å². The Labute approximate surface area is 84.6 Å². The van der Waals surface area contributed by atoms with Crippen molar-refractivity contribution >= 4 is 0 Å². The molecule has 0 fully saturated rings. The molecule has 1 rings (SSSR count). The molecule has 0 aliphatic rings. The first-order chi connectivity index (χ1) is 6.86. The van der Waals surface area contributed by atoms with Crippen LogP contribution in [0.4, 0.5) is 0 Å². The van der Waals surface area contributed by atoms with E-state index >= 15 is 0 Å². The van der Waals surface area contributed by atoms with Crippen molar-refractivity contribution in [2.45, 2.75) is 6.42 Å². The summed E-state index contributed by atoms with van der Waals surface area (Å²) in [6.07, 6.45) is 0.897. The number of methoxy groups -OCH3 is 2. The smallest absolute Gasteiger partial charge is 0.122 e. The van der Waals surface area contributed by atoms with Gasteiger partial charge < -0.3 is 14.2 Å². The number of benzene rings is 1. The van der Waals surface area contributed by atoms with Gasteiger partial charge in [-0.05, 0) is 12.1 Å². The first-order valence-corrected chi connectivity index (χ1v) is 4.62. The Kier molecular flexibility index (Phi) is 4.86. The average Bonchev–Trinajstić information content (AvgIpc) is 2.25. The maximum absolute atomic E-state index is 5.49. The van der Waals surface area contributed by atoms with Gasteiger partial charge in [0.05, 0.1) is 13.7 Å². The minimum absolute atomic E-state index is 0.668. The quantitative estimate of drug-likeness (QED) is 0.652. The second-order valence-electron chi connectivity index (χ2n) is 2.87. The van der Waals surface area contributed by atoms with Crippen LogP contribution >= 0.6 is 0 Å². The van der Waals surface area contributed by atoms with E-state index in [1.54, 1.807) is 14.2 Å². The van der Waals surface area contributed by atoms with Gasteiger partial charge in [-0.15, -0.1) is 0 Å². The largest absolute Gasteiger partial charge is 0.497 e. The Morgan fingerprint density at radius 2 is 1.86 bits per heavy atom. The predicted molar refractivity (Wildman–Crippen MR) is 55.0 cm³/mol. The fourth-order valence-electron chi connectivity index (χ4n) is 1.08. The highest BCUT2D eigenvalue weighted by Crippen LogP contribution is 2.18. The molecule has 0 aromatic heterocycles. The predicted octanol–water partition coefficient (Wildman–Crippen LogP) is 2.11. The molecule has 78 valence electrons. The molecule has 0 unspecified atom stereocenters. The van der Waals surface area contributed by atoms with Gasteiger partial charge in [-0.25, -0.2) is 0 Å². The lowest BCUT2D eigenvalue weighted by atomic mass is 10.3. The van der Waals surface area contributed by atoms with Gasteiger partial charge in [0.15, 0.2) is 0 Å². The summed E-state index contributed by atoms with van der Waals surface area (Å²) in [4.78, 5) is 0. The molecular weight excluding hydrogens is 180 g/mol. The molecule has 0 saturated carbocycles. The van der Waals surface area contributed by atoms with E-state index in [2.05, 4.69) is 0 Å². The van der Waals surface area contributed by atoms with E-state index in [4.69, 9.17) is 14.2 Å². The fourth-order valence-corrected chi connectivity index (χ4v) is 1.08. The third-order valence-corrected chi connectivity index (χ3v) is 1.80. The van der Waals surface area contributed by atoms with Crippen molar-refractivity contribution in [3.8, 4) is 11.5 Å². The van der Waals surface area contributed by atoms with Crippen LogP contribution in [0.3, 0.4) is 0 Å². The molecule has 1 aromatic carbocycles. The lowest BCUT2D eigenvalue weighted by Gasteiger charge is -2.06. The van der Waals surface area contributed by atoms with Crippen LogP contribution in [0.15, 0.2) is 24.3 Å². The standard InChI is InChI=1S/C11H16O3/c1-12-7-4-8-14-11-6-3-5-10(9-11)13-2/h3,5-6,9H,4,7-8H2,1-2H3. The monoisotopic (exact) mass is 196 g/mol. The van der Waals surface area contributed by atoms with Crippen molar-refractivity contribution in [2.75, 3.05) is 27.4 Å². The molecule has 0 heterocycles. The summed E-state index contributed by atoms with van der Waals surface area (Å²) < 4.78 is 15.5. The van der Waals surface area contributed by atoms with Crippen molar-refractivity contribution < 1.29 is 14.2 Å². The third kappa shape index (κ3) is 3.66. The van der Waals surface area contributed by atoms with E-state index in [-0.39, 0.29) is 0 Å². The van der Waals surface area contributed by atoms with Crippen molar-refractivity contribution in [2.24, 2.45) is 0 Å². The Morgan fingerprint density at radius 3 is 2.57 bits per heavy atom. The zero-order chi connectivity index (χ0) is 10.2. The minimum atomic E-state index is 0.668. The summed E-state index contributed by atoms with van der Waals surface area (Å²) in [5.74, 6) is 1.65. The van der Waals surface area contributed by atoms with Crippen molar-refractivity contribution in [1.82, 2.24) is 0 Å². The second-order valence-corrected chi connectivity index (χ2v) is 2.87. The van der Waals surface area contributed by atoms with Gasteiger partial charge in [0.1, 0.15) is 11.5 Å². The van der Waals surface area contributed by atoms with E-state index in [0.29, 0.717) is 6.61 Å². The Morgan fingerprint density at radius 1 is 1.07 bits per heavy atom. The van der Waals surface area contributed by atoms with Gasteiger partial charge >= 0.3 is 0 Å². The molecule has 0 aliphatic heterocycles. The first kappa shape index (κ1) is 10.9. The third-order valence-electron chi connectivity index (χ3n) is 1.80. The van der Waals surface area contributed by atoms with E-state index in [1.165, 1.54) is 0 Å². The molecule has 0 bridgehead atoms. The van der Waals surface area contributed by atoms with Gasteiger partial charge in [-0.1, -0.05) is 6.07 Å². The number of hydrogen-bond donors (Lipinski definition) is 0. The highest BCUT2D eigenvalue weighted by molar-refractivity contribution is 5.32. The van der Waals surface area contributed by atoms with Crippen LogP contribution in [0.5, 0.6) is 11.5 Å². The number of ether oxygens (including phenoxy) is 3. The number of hydrogen-bond acceptors (Lipinski definition) is 3. The fraction of sp³-hybridized carbons (Fsp3) is 0.455. The maximum atomic E-state index is 5.49. The van der Waals surface area contributed by atoms with Crippen LogP contribution in [-0.4, -0.2) is 27.4 Å².